The molecule has 1 aromatic rings. The van der Waals surface area contributed by atoms with Crippen molar-refractivity contribution in [3.8, 4) is 0 Å². The number of nitrogens with one attached hydrogen (secondary N) is 1. The Morgan fingerprint density at radius 1 is 1.25 bits per heavy atom. The number of hydrogen-bond acceptors (Lipinski definition) is 5. The number of nitrogens with two attached hydrogens (primary N) is 1. The van der Waals surface area contributed by atoms with Crippen molar-refractivity contribution in [1.82, 2.24) is 15.2 Å². The summed E-state index contributed by atoms with van der Waals surface area (Å²) in [5, 5.41) is 11.4. The van der Waals surface area contributed by atoms with E-state index in [1.165, 1.54) is 19.3 Å². The molecule has 3 N–H and O–H groups in total. The van der Waals surface area contributed by atoms with E-state index in [2.05, 4.69) is 20.5 Å². The number of anilines is 1. The lowest BCUT2D eigenvalue weighted by Crippen LogP contribution is -2.35. The molecule has 20 heavy (non-hydrogen) atoms. The third-order valence-corrected chi connectivity index (χ3v) is 4.05. The van der Waals surface area contributed by atoms with Crippen LogP contribution in [0.5, 0.6) is 0 Å². The quantitative estimate of drug-likeness (QED) is 0.854. The predicted octanol–water partition coefficient (Wildman–Crippen LogP) is 1.72. The topological polar surface area (TPSA) is 93.8 Å². The maximum absolute atomic E-state index is 11.3. The van der Waals surface area contributed by atoms with Gasteiger partial charge in [0.25, 0.3) is 0 Å². The second-order valence-corrected chi connectivity index (χ2v) is 5.63. The summed E-state index contributed by atoms with van der Waals surface area (Å²) in [6, 6.07) is 0.0108. The van der Waals surface area contributed by atoms with Crippen LogP contribution in [0.2, 0.25) is 0 Å². The Bertz CT molecular complexity index is 471. The van der Waals surface area contributed by atoms with Gasteiger partial charge in [-0.25, -0.2) is 4.98 Å². The van der Waals surface area contributed by atoms with Crippen molar-refractivity contribution < 1.29 is 4.79 Å². The number of nitrogens with zero attached hydrogens (tertiary/aromatic N) is 3. The van der Waals surface area contributed by atoms with E-state index in [4.69, 9.17) is 5.73 Å². The van der Waals surface area contributed by atoms with Crippen molar-refractivity contribution >= 4 is 11.9 Å². The Morgan fingerprint density at radius 2 is 1.95 bits per heavy atom. The highest BCUT2D eigenvalue weighted by Gasteiger charge is 2.25. The first-order valence-corrected chi connectivity index (χ1v) is 7.29. The largest absolute Gasteiger partial charge is 0.370 e. The van der Waals surface area contributed by atoms with Gasteiger partial charge in [0.15, 0.2) is 0 Å². The zero-order valence-corrected chi connectivity index (χ0v) is 12.2. The Balaban J connectivity index is 2.09. The third kappa shape index (κ3) is 3.88. The Labute approximate surface area is 119 Å². The molecule has 1 heterocycles. The molecule has 0 radical (unpaired) electrons. The molecule has 1 amide bonds. The Morgan fingerprint density at radius 3 is 2.55 bits per heavy atom. The van der Waals surface area contributed by atoms with E-state index in [1.807, 2.05) is 13.8 Å². The minimum Gasteiger partial charge on any atom is -0.370 e. The van der Waals surface area contributed by atoms with Crippen molar-refractivity contribution in [1.29, 1.82) is 0 Å². The van der Waals surface area contributed by atoms with E-state index >= 15 is 0 Å². The molecule has 6 heteroatoms. The minimum atomic E-state index is -0.287. The van der Waals surface area contributed by atoms with E-state index in [9.17, 15) is 4.79 Å². The highest BCUT2D eigenvalue weighted by Crippen LogP contribution is 2.29. The van der Waals surface area contributed by atoms with Crippen LogP contribution in [-0.4, -0.2) is 27.1 Å². The smallest absolute Gasteiger partial charge is 0.243 e. The van der Waals surface area contributed by atoms with Gasteiger partial charge in [0.1, 0.15) is 0 Å². The fraction of sp³-hybridized carbons (Fsp3) is 0.714. The van der Waals surface area contributed by atoms with Crippen LogP contribution in [0.1, 0.15) is 49.9 Å². The molecule has 0 saturated heterocycles. The van der Waals surface area contributed by atoms with Crippen LogP contribution in [0.15, 0.2) is 0 Å². The van der Waals surface area contributed by atoms with Crippen molar-refractivity contribution in [3.05, 3.63) is 11.4 Å². The van der Waals surface area contributed by atoms with E-state index in [0.29, 0.717) is 18.3 Å². The second kappa shape index (κ2) is 6.63. The van der Waals surface area contributed by atoms with E-state index in [0.717, 1.165) is 24.2 Å². The number of carbonyl (C=O) groups is 1. The van der Waals surface area contributed by atoms with Gasteiger partial charge in [-0.2, -0.15) is 5.10 Å². The van der Waals surface area contributed by atoms with Crippen LogP contribution in [0.3, 0.4) is 0 Å². The Hall–Kier alpha value is -1.72. The van der Waals surface area contributed by atoms with Crippen LogP contribution in [-0.2, 0) is 4.79 Å². The number of aromatic nitrogens is 3. The molecule has 1 aliphatic rings. The number of hydrogen-bond donors (Lipinski definition) is 2. The van der Waals surface area contributed by atoms with Gasteiger partial charge >= 0.3 is 0 Å². The summed E-state index contributed by atoms with van der Waals surface area (Å²) >= 11 is 0. The van der Waals surface area contributed by atoms with Gasteiger partial charge in [0.05, 0.1) is 11.4 Å². The maximum Gasteiger partial charge on any atom is 0.243 e. The van der Waals surface area contributed by atoms with Crippen LogP contribution < -0.4 is 11.1 Å². The molecular weight excluding hydrogens is 254 g/mol. The standard InChI is InChI=1S/C14H23N5O/c1-9-10(2)18-19-14(16-9)17-12(8-13(15)20)11-6-4-3-5-7-11/h11-12H,3-8H2,1-2H3,(H2,15,20)(H,16,17,19). The van der Waals surface area contributed by atoms with Gasteiger partial charge < -0.3 is 11.1 Å². The normalized spacial score (nSPS) is 17.7. The number of carbonyl (C=O) groups excluding carboxylic acids is 1. The molecule has 1 aromatic heterocycles. The summed E-state index contributed by atoms with van der Waals surface area (Å²) in [6.45, 7) is 3.78. The fourth-order valence-electron chi connectivity index (χ4n) is 2.77. The Kier molecular flexibility index (Phi) is 4.87. The molecule has 6 nitrogen and oxygen atoms in total. The second-order valence-electron chi connectivity index (χ2n) is 5.63. The van der Waals surface area contributed by atoms with Crippen LogP contribution in [0, 0.1) is 19.8 Å². The predicted molar refractivity (Wildman–Crippen MR) is 77.1 cm³/mol. The summed E-state index contributed by atoms with van der Waals surface area (Å²) in [6.07, 6.45) is 6.29. The lowest BCUT2D eigenvalue weighted by Gasteiger charge is -2.30. The zero-order chi connectivity index (χ0) is 14.5. The van der Waals surface area contributed by atoms with Gasteiger partial charge in [-0.3, -0.25) is 4.79 Å². The van der Waals surface area contributed by atoms with E-state index in [-0.39, 0.29) is 11.9 Å². The molecule has 0 aromatic carbocycles. The van der Waals surface area contributed by atoms with Crippen LogP contribution in [0.4, 0.5) is 5.95 Å². The zero-order valence-electron chi connectivity index (χ0n) is 12.2. The first-order valence-electron chi connectivity index (χ1n) is 7.29. The summed E-state index contributed by atoms with van der Waals surface area (Å²) in [7, 11) is 0. The van der Waals surface area contributed by atoms with Crippen LogP contribution in [0.25, 0.3) is 0 Å². The number of amides is 1. The molecule has 0 bridgehead atoms. The lowest BCUT2D eigenvalue weighted by molar-refractivity contribution is -0.118. The van der Waals surface area contributed by atoms with Gasteiger partial charge in [0.2, 0.25) is 11.9 Å². The SMILES string of the molecule is Cc1nnc(NC(CC(N)=O)C2CCCCC2)nc1C. The average Bonchev–Trinajstić information content (AvgIpc) is 2.43. The van der Waals surface area contributed by atoms with Crippen molar-refractivity contribution in [2.24, 2.45) is 11.7 Å². The van der Waals surface area contributed by atoms with Crippen LogP contribution >= 0.6 is 0 Å². The number of aryl methyl sites for hydroxylation is 2. The molecule has 110 valence electrons. The molecule has 1 atom stereocenters. The third-order valence-electron chi connectivity index (χ3n) is 4.05. The highest BCUT2D eigenvalue weighted by molar-refractivity contribution is 5.74. The molecule has 2 rings (SSSR count). The average molecular weight is 277 g/mol. The molecule has 1 aliphatic carbocycles. The van der Waals surface area contributed by atoms with Gasteiger partial charge in [0, 0.05) is 12.5 Å². The number of primary amides is 1. The molecule has 0 spiro atoms. The molecule has 1 saturated carbocycles. The fourth-order valence-corrected chi connectivity index (χ4v) is 2.77. The summed E-state index contributed by atoms with van der Waals surface area (Å²) < 4.78 is 0. The van der Waals surface area contributed by atoms with Gasteiger partial charge in [-0.1, -0.05) is 19.3 Å². The lowest BCUT2D eigenvalue weighted by atomic mass is 9.82. The van der Waals surface area contributed by atoms with Crippen molar-refractivity contribution in [3.63, 3.8) is 0 Å². The molecular formula is C14H23N5O. The van der Waals surface area contributed by atoms with Crippen molar-refractivity contribution in [2.75, 3.05) is 5.32 Å². The summed E-state index contributed by atoms with van der Waals surface area (Å²) in [5.74, 6) is 0.663. The molecule has 0 aliphatic heterocycles. The maximum atomic E-state index is 11.3. The molecule has 1 unspecified atom stereocenters. The number of rotatable bonds is 5. The highest BCUT2D eigenvalue weighted by atomic mass is 16.1. The summed E-state index contributed by atoms with van der Waals surface area (Å²) in [4.78, 5) is 15.7. The van der Waals surface area contributed by atoms with E-state index < -0.39 is 0 Å². The summed E-state index contributed by atoms with van der Waals surface area (Å²) in [5.41, 5.74) is 7.04. The van der Waals surface area contributed by atoms with E-state index in [1.54, 1.807) is 0 Å². The molecule has 1 fully saturated rings. The van der Waals surface area contributed by atoms with Gasteiger partial charge in [-0.05, 0) is 32.6 Å². The van der Waals surface area contributed by atoms with Gasteiger partial charge in [-0.15, -0.1) is 5.10 Å². The van der Waals surface area contributed by atoms with Crippen molar-refractivity contribution in [2.45, 2.75) is 58.4 Å². The first kappa shape index (κ1) is 14.7. The monoisotopic (exact) mass is 277 g/mol. The first-order chi connectivity index (χ1) is 9.56. The minimum absolute atomic E-state index is 0.0108.